The van der Waals surface area contributed by atoms with Gasteiger partial charge in [-0.3, -0.25) is 0 Å². The summed E-state index contributed by atoms with van der Waals surface area (Å²) in [5.41, 5.74) is 11.7. The highest BCUT2D eigenvalue weighted by Crippen LogP contribution is 2.30. The van der Waals surface area contributed by atoms with Gasteiger partial charge in [0.1, 0.15) is 11.5 Å². The van der Waals surface area contributed by atoms with Gasteiger partial charge >= 0.3 is 5.69 Å². The Kier molecular flexibility index (Phi) is 1.96. The van der Waals surface area contributed by atoms with Crippen molar-refractivity contribution in [1.29, 1.82) is 0 Å². The molecular weight excluding hydrogens is 208 g/mol. The van der Waals surface area contributed by atoms with Gasteiger partial charge in [-0.1, -0.05) is 0 Å². The van der Waals surface area contributed by atoms with Crippen LogP contribution in [0.4, 0.5) is 17.2 Å². The molecule has 4 N–H and O–H groups in total. The Labute approximate surface area is 72.2 Å². The fourth-order valence-electron chi connectivity index (χ4n) is 0.673. The van der Waals surface area contributed by atoms with Crippen LogP contribution < -0.4 is 11.5 Å². The Balaban J connectivity index is 3.40. The first-order valence-corrected chi connectivity index (χ1v) is 3.57. The standard InChI is InChI=1S/C6H6BrN4/c1-10-5-3(8)2-4(9)11-6(5)7/h1-2H,(H4,8,9,11)/q+1. The summed E-state index contributed by atoms with van der Waals surface area (Å²) in [5, 5.41) is 0. The lowest BCUT2D eigenvalue weighted by molar-refractivity contribution is 1.30. The average Bonchev–Trinajstić information content (AvgIpc) is 1.85. The number of nitrogens with two attached hydrogens (primary N) is 2. The van der Waals surface area contributed by atoms with Crippen LogP contribution in [0.25, 0.3) is 4.85 Å². The third kappa shape index (κ3) is 1.41. The van der Waals surface area contributed by atoms with Crippen LogP contribution in [-0.4, -0.2) is 4.98 Å². The second-order valence-corrected chi connectivity index (χ2v) is 2.66. The van der Waals surface area contributed by atoms with E-state index in [0.29, 0.717) is 21.8 Å². The molecule has 4 nitrogen and oxygen atoms in total. The van der Waals surface area contributed by atoms with Crippen molar-refractivity contribution in [3.63, 3.8) is 0 Å². The summed E-state index contributed by atoms with van der Waals surface area (Å²) in [6.07, 6.45) is 0. The van der Waals surface area contributed by atoms with Crippen LogP contribution in [0.15, 0.2) is 10.7 Å². The molecule has 0 fully saturated rings. The van der Waals surface area contributed by atoms with Crippen molar-refractivity contribution in [2.24, 2.45) is 0 Å². The number of nitrogen functional groups attached to an aromatic ring is 2. The van der Waals surface area contributed by atoms with Crippen LogP contribution in [0, 0.1) is 6.57 Å². The van der Waals surface area contributed by atoms with Crippen molar-refractivity contribution >= 4 is 33.1 Å². The lowest BCUT2D eigenvalue weighted by atomic mass is 10.3. The summed E-state index contributed by atoms with van der Waals surface area (Å²) in [7, 11) is 0. The lowest BCUT2D eigenvalue weighted by Gasteiger charge is -1.93. The molecule has 0 aliphatic carbocycles. The number of hydrogen-bond donors (Lipinski definition) is 2. The normalized spacial score (nSPS) is 9.09. The van der Waals surface area contributed by atoms with Crippen molar-refractivity contribution in [3.8, 4) is 6.57 Å². The van der Waals surface area contributed by atoms with E-state index in [1.54, 1.807) is 0 Å². The number of halogens is 1. The van der Waals surface area contributed by atoms with Gasteiger partial charge in [0.2, 0.25) is 4.60 Å². The number of aromatic nitrogens is 1. The first-order chi connectivity index (χ1) is 5.15. The zero-order valence-corrected chi connectivity index (χ0v) is 7.17. The predicted molar refractivity (Wildman–Crippen MR) is 48.7 cm³/mol. The molecule has 1 aromatic heterocycles. The van der Waals surface area contributed by atoms with Gasteiger partial charge in [-0.05, 0) is 20.8 Å². The molecule has 1 aromatic rings. The Bertz CT molecular complexity index is 305. The topological polar surface area (TPSA) is 69.3 Å². The van der Waals surface area contributed by atoms with Crippen molar-refractivity contribution in [3.05, 3.63) is 15.5 Å². The molecule has 1 rings (SSSR count). The third-order valence-electron chi connectivity index (χ3n) is 1.13. The van der Waals surface area contributed by atoms with E-state index in [2.05, 4.69) is 25.8 Å². The van der Waals surface area contributed by atoms with Gasteiger partial charge < -0.3 is 11.5 Å². The Hall–Kier alpha value is -1.28. The van der Waals surface area contributed by atoms with Crippen LogP contribution in [0.1, 0.15) is 0 Å². The van der Waals surface area contributed by atoms with Gasteiger partial charge in [-0.25, -0.2) is 4.98 Å². The Morgan fingerprint density at radius 1 is 1.55 bits per heavy atom. The maximum atomic E-state index is 5.51. The van der Waals surface area contributed by atoms with Crippen LogP contribution in [0.3, 0.4) is 0 Å². The van der Waals surface area contributed by atoms with Crippen LogP contribution in [0.5, 0.6) is 0 Å². The zero-order valence-electron chi connectivity index (χ0n) is 5.58. The van der Waals surface area contributed by atoms with Crippen molar-refractivity contribution in [2.75, 3.05) is 11.5 Å². The van der Waals surface area contributed by atoms with E-state index < -0.39 is 0 Å². The number of nitrogens with zero attached hydrogens (tertiary/aromatic N) is 2. The minimum absolute atomic E-state index is 0.335. The SMILES string of the molecule is C#[N+]c1c(N)cc(N)nc1Br. The molecule has 0 saturated carbocycles. The van der Waals surface area contributed by atoms with E-state index in [-0.39, 0.29) is 0 Å². The van der Waals surface area contributed by atoms with Gasteiger partial charge in [0, 0.05) is 6.07 Å². The molecule has 0 spiro atoms. The molecule has 0 aromatic carbocycles. The van der Waals surface area contributed by atoms with Crippen LogP contribution >= 0.6 is 15.9 Å². The Morgan fingerprint density at radius 2 is 2.18 bits per heavy atom. The molecule has 0 saturated heterocycles. The van der Waals surface area contributed by atoms with Crippen molar-refractivity contribution < 1.29 is 0 Å². The maximum absolute atomic E-state index is 5.51. The quantitative estimate of drug-likeness (QED) is 0.644. The van der Waals surface area contributed by atoms with Gasteiger partial charge in [0.15, 0.2) is 0 Å². The fraction of sp³-hybridized carbons (Fsp3) is 0. The predicted octanol–water partition coefficient (Wildman–Crippen LogP) is 1.60. The Morgan fingerprint density at radius 3 is 2.64 bits per heavy atom. The van der Waals surface area contributed by atoms with Crippen LogP contribution in [-0.2, 0) is 0 Å². The minimum Gasteiger partial charge on any atom is -0.392 e. The first kappa shape index (κ1) is 7.82. The maximum Gasteiger partial charge on any atom is 0.394 e. The van der Waals surface area contributed by atoms with Gasteiger partial charge in [0.05, 0.1) is 0 Å². The summed E-state index contributed by atoms with van der Waals surface area (Å²) in [5.74, 6) is 0.335. The summed E-state index contributed by atoms with van der Waals surface area (Å²) in [6.45, 7) is 5.04. The molecule has 0 radical (unpaired) electrons. The summed E-state index contributed by atoms with van der Waals surface area (Å²) < 4.78 is 0.456. The smallest absolute Gasteiger partial charge is 0.392 e. The molecule has 0 amide bonds. The van der Waals surface area contributed by atoms with Crippen LogP contribution in [0.2, 0.25) is 0 Å². The number of pyridine rings is 1. The van der Waals surface area contributed by atoms with E-state index in [4.69, 9.17) is 18.0 Å². The van der Waals surface area contributed by atoms with E-state index in [1.807, 2.05) is 0 Å². The van der Waals surface area contributed by atoms with E-state index in [0.717, 1.165) is 0 Å². The molecule has 0 bridgehead atoms. The second kappa shape index (κ2) is 2.76. The highest BCUT2D eigenvalue weighted by molar-refractivity contribution is 9.10. The molecule has 5 heteroatoms. The summed E-state index contributed by atoms with van der Waals surface area (Å²) in [6, 6.07) is 1.50. The van der Waals surface area contributed by atoms with E-state index in [1.165, 1.54) is 6.07 Å². The van der Waals surface area contributed by atoms with Gasteiger partial charge in [-0.2, -0.15) is 0 Å². The van der Waals surface area contributed by atoms with Crippen molar-refractivity contribution in [2.45, 2.75) is 0 Å². The molecule has 1 heterocycles. The lowest BCUT2D eigenvalue weighted by Crippen LogP contribution is -1.94. The van der Waals surface area contributed by atoms with E-state index >= 15 is 0 Å². The summed E-state index contributed by atoms with van der Waals surface area (Å²) >= 11 is 3.11. The third-order valence-corrected chi connectivity index (χ3v) is 1.68. The molecule has 0 unspecified atom stereocenters. The zero-order chi connectivity index (χ0) is 8.43. The minimum atomic E-state index is 0.335. The molecule has 0 atom stereocenters. The largest absolute Gasteiger partial charge is 0.394 e. The number of anilines is 2. The highest BCUT2D eigenvalue weighted by Gasteiger charge is 2.15. The molecule has 11 heavy (non-hydrogen) atoms. The molecule has 56 valence electrons. The van der Waals surface area contributed by atoms with Gasteiger partial charge in [-0.15, -0.1) is 0 Å². The monoisotopic (exact) mass is 213 g/mol. The number of rotatable bonds is 0. The van der Waals surface area contributed by atoms with E-state index in [9.17, 15) is 0 Å². The summed E-state index contributed by atoms with van der Waals surface area (Å²) in [4.78, 5) is 7.27. The second-order valence-electron chi connectivity index (χ2n) is 1.90. The number of hydrogen-bond acceptors (Lipinski definition) is 3. The average molecular weight is 214 g/mol. The first-order valence-electron chi connectivity index (χ1n) is 2.77. The molecular formula is C6H6BrN4+. The van der Waals surface area contributed by atoms with Gasteiger partial charge in [0.25, 0.3) is 6.57 Å². The highest BCUT2D eigenvalue weighted by atomic mass is 79.9. The molecule has 0 aliphatic rings. The van der Waals surface area contributed by atoms with Crippen molar-refractivity contribution in [1.82, 2.24) is 4.98 Å². The molecule has 0 aliphatic heterocycles. The fourth-order valence-corrected chi connectivity index (χ4v) is 1.21.